The fourth-order valence-electron chi connectivity index (χ4n) is 2.49. The molecule has 0 atom stereocenters. The Morgan fingerprint density at radius 2 is 2.20 bits per heavy atom. The summed E-state index contributed by atoms with van der Waals surface area (Å²) < 4.78 is 0. The fraction of sp³-hybridized carbons (Fsp3) is 0.615. The number of pyridine rings is 1. The molecule has 0 bridgehead atoms. The Hall–Kier alpha value is -0.890. The van der Waals surface area contributed by atoms with Gasteiger partial charge in [0.25, 0.3) is 0 Å². The lowest BCUT2D eigenvalue weighted by Crippen LogP contribution is -2.44. The largest absolute Gasteiger partial charge is 0.389 e. The van der Waals surface area contributed by atoms with Crippen LogP contribution < -0.4 is 0 Å². The van der Waals surface area contributed by atoms with Crippen LogP contribution in [0.25, 0.3) is 0 Å². The van der Waals surface area contributed by atoms with Gasteiger partial charge in [-0.05, 0) is 36.8 Å². The van der Waals surface area contributed by atoms with Gasteiger partial charge >= 0.3 is 0 Å². The van der Waals surface area contributed by atoms with E-state index in [-0.39, 0.29) is 0 Å². The van der Waals surface area contributed by atoms with Crippen molar-refractivity contribution in [3.8, 4) is 0 Å². The number of hydrogen-bond acceptors (Lipinski definition) is 2. The molecule has 1 aliphatic carbocycles. The summed E-state index contributed by atoms with van der Waals surface area (Å²) in [5, 5.41) is 10.1. The van der Waals surface area contributed by atoms with Gasteiger partial charge in [0.1, 0.15) is 0 Å². The molecule has 1 N–H and O–H groups in total. The standard InChI is InChI=1S/C13H19NO/c1-3-11-4-5-12(14-9-11)8-13(15)6-10(2)7-13/h4-5,9-10,15H,3,6-8H2,1-2H3. The fourth-order valence-corrected chi connectivity index (χ4v) is 2.49. The van der Waals surface area contributed by atoms with Crippen LogP contribution in [0, 0.1) is 5.92 Å². The van der Waals surface area contributed by atoms with E-state index in [0.717, 1.165) is 25.0 Å². The summed E-state index contributed by atoms with van der Waals surface area (Å²) in [4.78, 5) is 4.38. The first-order valence-electron chi connectivity index (χ1n) is 5.77. The molecule has 0 aromatic carbocycles. The number of hydrogen-bond donors (Lipinski definition) is 1. The van der Waals surface area contributed by atoms with Crippen molar-refractivity contribution in [2.45, 2.75) is 45.1 Å². The molecule has 15 heavy (non-hydrogen) atoms. The highest BCUT2D eigenvalue weighted by atomic mass is 16.3. The molecule has 2 nitrogen and oxygen atoms in total. The maximum absolute atomic E-state index is 10.1. The predicted octanol–water partition coefficient (Wildman–Crippen LogP) is 2.35. The van der Waals surface area contributed by atoms with E-state index in [9.17, 15) is 5.11 Å². The van der Waals surface area contributed by atoms with Crippen molar-refractivity contribution in [2.75, 3.05) is 0 Å². The zero-order valence-corrected chi connectivity index (χ0v) is 9.53. The summed E-state index contributed by atoms with van der Waals surface area (Å²) in [7, 11) is 0. The minimum atomic E-state index is -0.472. The van der Waals surface area contributed by atoms with Gasteiger partial charge in [0, 0.05) is 18.3 Å². The Balaban J connectivity index is 1.99. The molecule has 0 spiro atoms. The molecule has 1 aromatic heterocycles. The molecular formula is C13H19NO. The summed E-state index contributed by atoms with van der Waals surface area (Å²) in [5.41, 5.74) is 1.80. The zero-order valence-electron chi connectivity index (χ0n) is 9.53. The van der Waals surface area contributed by atoms with Crippen molar-refractivity contribution in [1.29, 1.82) is 0 Å². The third-order valence-electron chi connectivity index (χ3n) is 3.26. The Morgan fingerprint density at radius 1 is 1.47 bits per heavy atom. The van der Waals surface area contributed by atoms with E-state index >= 15 is 0 Å². The minimum absolute atomic E-state index is 0.472. The minimum Gasteiger partial charge on any atom is -0.389 e. The molecule has 1 fully saturated rings. The van der Waals surface area contributed by atoms with E-state index in [1.165, 1.54) is 5.56 Å². The average Bonchev–Trinajstić information content (AvgIpc) is 2.17. The summed E-state index contributed by atoms with van der Waals surface area (Å²) in [6.07, 6.45) is 5.49. The average molecular weight is 205 g/mol. The van der Waals surface area contributed by atoms with Gasteiger partial charge in [-0.2, -0.15) is 0 Å². The maximum atomic E-state index is 10.1. The molecule has 2 heteroatoms. The number of aliphatic hydroxyl groups is 1. The topological polar surface area (TPSA) is 33.1 Å². The van der Waals surface area contributed by atoms with Crippen molar-refractivity contribution >= 4 is 0 Å². The predicted molar refractivity (Wildman–Crippen MR) is 60.7 cm³/mol. The van der Waals surface area contributed by atoms with Gasteiger partial charge in [-0.25, -0.2) is 0 Å². The number of aromatic nitrogens is 1. The Morgan fingerprint density at radius 3 is 2.67 bits per heavy atom. The van der Waals surface area contributed by atoms with Gasteiger partial charge < -0.3 is 5.11 Å². The van der Waals surface area contributed by atoms with Crippen molar-refractivity contribution in [2.24, 2.45) is 5.92 Å². The first-order chi connectivity index (χ1) is 7.11. The van der Waals surface area contributed by atoms with Crippen LogP contribution in [0.3, 0.4) is 0 Å². The Bertz CT molecular complexity index is 325. The first kappa shape index (κ1) is 10.6. The molecule has 1 heterocycles. The van der Waals surface area contributed by atoms with E-state index in [1.807, 2.05) is 12.3 Å². The number of aryl methyl sites for hydroxylation is 1. The molecular weight excluding hydrogens is 186 g/mol. The van der Waals surface area contributed by atoms with Crippen molar-refractivity contribution < 1.29 is 5.11 Å². The molecule has 0 radical (unpaired) electrons. The normalized spacial score (nSPS) is 29.9. The molecule has 1 aliphatic rings. The van der Waals surface area contributed by atoms with Gasteiger partial charge in [-0.3, -0.25) is 4.98 Å². The second-order valence-corrected chi connectivity index (χ2v) is 4.93. The first-order valence-corrected chi connectivity index (χ1v) is 5.77. The van der Waals surface area contributed by atoms with E-state index in [4.69, 9.17) is 0 Å². The van der Waals surface area contributed by atoms with E-state index < -0.39 is 5.60 Å². The Labute approximate surface area is 91.4 Å². The highest BCUT2D eigenvalue weighted by Gasteiger charge is 2.40. The lowest BCUT2D eigenvalue weighted by Gasteiger charge is -2.42. The maximum Gasteiger partial charge on any atom is 0.0708 e. The summed E-state index contributed by atoms with van der Waals surface area (Å²) in [5.74, 6) is 0.671. The molecule has 0 aliphatic heterocycles. The van der Waals surface area contributed by atoms with Crippen molar-refractivity contribution in [1.82, 2.24) is 4.98 Å². The van der Waals surface area contributed by atoms with Crippen LogP contribution in [-0.4, -0.2) is 15.7 Å². The van der Waals surface area contributed by atoms with E-state index in [0.29, 0.717) is 12.3 Å². The summed E-state index contributed by atoms with van der Waals surface area (Å²) >= 11 is 0. The zero-order chi connectivity index (χ0) is 10.9. The second kappa shape index (κ2) is 3.93. The smallest absolute Gasteiger partial charge is 0.0708 e. The molecule has 0 amide bonds. The molecule has 0 unspecified atom stereocenters. The van der Waals surface area contributed by atoms with Gasteiger partial charge in [-0.1, -0.05) is 19.9 Å². The molecule has 82 valence electrons. The SMILES string of the molecule is CCc1ccc(CC2(O)CC(C)C2)nc1. The third kappa shape index (κ3) is 2.37. The number of rotatable bonds is 3. The number of nitrogens with zero attached hydrogens (tertiary/aromatic N) is 1. The van der Waals surface area contributed by atoms with Crippen LogP contribution in [0.1, 0.15) is 37.9 Å². The second-order valence-electron chi connectivity index (χ2n) is 4.93. The third-order valence-corrected chi connectivity index (χ3v) is 3.26. The Kier molecular flexibility index (Phi) is 2.79. The summed E-state index contributed by atoms with van der Waals surface area (Å²) in [6.45, 7) is 4.31. The van der Waals surface area contributed by atoms with Crippen LogP contribution in [-0.2, 0) is 12.8 Å². The van der Waals surface area contributed by atoms with Crippen molar-refractivity contribution in [3.05, 3.63) is 29.6 Å². The molecule has 2 rings (SSSR count). The van der Waals surface area contributed by atoms with E-state index in [2.05, 4.69) is 24.9 Å². The van der Waals surface area contributed by atoms with Crippen LogP contribution in [0.15, 0.2) is 18.3 Å². The molecule has 1 saturated carbocycles. The van der Waals surface area contributed by atoms with Crippen molar-refractivity contribution in [3.63, 3.8) is 0 Å². The quantitative estimate of drug-likeness (QED) is 0.821. The van der Waals surface area contributed by atoms with Gasteiger partial charge in [-0.15, -0.1) is 0 Å². The molecule has 0 saturated heterocycles. The van der Waals surface area contributed by atoms with Crippen LogP contribution in [0.4, 0.5) is 0 Å². The van der Waals surface area contributed by atoms with Crippen LogP contribution >= 0.6 is 0 Å². The highest BCUT2D eigenvalue weighted by molar-refractivity contribution is 5.16. The van der Waals surface area contributed by atoms with E-state index in [1.54, 1.807) is 0 Å². The van der Waals surface area contributed by atoms with Gasteiger partial charge in [0.15, 0.2) is 0 Å². The summed E-state index contributed by atoms with van der Waals surface area (Å²) in [6, 6.07) is 4.15. The van der Waals surface area contributed by atoms with Gasteiger partial charge in [0.05, 0.1) is 5.60 Å². The monoisotopic (exact) mass is 205 g/mol. The molecule has 1 aromatic rings. The van der Waals surface area contributed by atoms with Gasteiger partial charge in [0.2, 0.25) is 0 Å². The van der Waals surface area contributed by atoms with Crippen LogP contribution in [0.5, 0.6) is 0 Å². The lowest BCUT2D eigenvalue weighted by molar-refractivity contribution is -0.0672. The van der Waals surface area contributed by atoms with Crippen LogP contribution in [0.2, 0.25) is 0 Å². The lowest BCUT2D eigenvalue weighted by atomic mass is 9.69. The highest BCUT2D eigenvalue weighted by Crippen LogP contribution is 2.39.